The van der Waals surface area contributed by atoms with E-state index in [2.05, 4.69) is 37.8 Å². The fourth-order valence-electron chi connectivity index (χ4n) is 0.712. The quantitative estimate of drug-likeness (QED) is 0.910. The van der Waals surface area contributed by atoms with Crippen LogP contribution in [0.2, 0.25) is 0 Å². The predicted molar refractivity (Wildman–Crippen MR) is 58.0 cm³/mol. The van der Waals surface area contributed by atoms with Crippen molar-refractivity contribution in [2.45, 2.75) is 6.92 Å². The first-order chi connectivity index (χ1) is 6.09. The zero-order valence-electron chi connectivity index (χ0n) is 7.14. The minimum absolute atomic E-state index is 0.475. The van der Waals surface area contributed by atoms with Crippen LogP contribution in [0.1, 0.15) is 5.69 Å². The van der Waals surface area contributed by atoms with E-state index in [9.17, 15) is 0 Å². The van der Waals surface area contributed by atoms with E-state index < -0.39 is 0 Å². The molecule has 1 aromatic rings. The molecule has 0 atom stereocenters. The molecule has 70 valence electrons. The van der Waals surface area contributed by atoms with Crippen molar-refractivity contribution in [2.75, 3.05) is 11.9 Å². The van der Waals surface area contributed by atoms with Crippen LogP contribution in [0, 0.1) is 6.92 Å². The molecule has 0 bridgehead atoms. The van der Waals surface area contributed by atoms with Crippen LogP contribution in [-0.2, 0) is 0 Å². The summed E-state index contributed by atoms with van der Waals surface area (Å²) >= 11 is 8.89. The normalized spacial score (nSPS) is 9.77. The number of hydrogen-bond acceptors (Lipinski definition) is 3. The molecule has 0 aromatic carbocycles. The van der Waals surface area contributed by atoms with Gasteiger partial charge in [-0.15, -0.1) is 0 Å². The van der Waals surface area contributed by atoms with Gasteiger partial charge in [0, 0.05) is 11.2 Å². The number of rotatable bonds is 3. The minimum atomic E-state index is 0.475. The van der Waals surface area contributed by atoms with E-state index in [1.165, 1.54) is 0 Å². The summed E-state index contributed by atoms with van der Waals surface area (Å²) in [6, 6.07) is 0. The van der Waals surface area contributed by atoms with Gasteiger partial charge in [0.15, 0.2) is 0 Å². The molecule has 0 aliphatic rings. The first-order valence-corrected chi connectivity index (χ1v) is 4.83. The molecule has 0 radical (unpaired) electrons. The van der Waals surface area contributed by atoms with E-state index in [4.69, 9.17) is 11.6 Å². The molecule has 0 aliphatic heterocycles. The molecule has 0 fully saturated rings. The SMILES string of the molecule is C=C(Cl)CNc1ncc(Br)c(C)n1. The van der Waals surface area contributed by atoms with Crippen LogP contribution in [0.5, 0.6) is 0 Å². The van der Waals surface area contributed by atoms with E-state index in [1.54, 1.807) is 6.20 Å². The Morgan fingerprint density at radius 2 is 2.46 bits per heavy atom. The molecule has 5 heteroatoms. The summed E-state index contributed by atoms with van der Waals surface area (Å²) in [5, 5.41) is 3.47. The van der Waals surface area contributed by atoms with Gasteiger partial charge in [0.25, 0.3) is 0 Å². The molecule has 0 unspecified atom stereocenters. The molecule has 1 N–H and O–H groups in total. The van der Waals surface area contributed by atoms with Crippen molar-refractivity contribution in [1.82, 2.24) is 9.97 Å². The van der Waals surface area contributed by atoms with Gasteiger partial charge in [-0.2, -0.15) is 0 Å². The molecule has 1 heterocycles. The summed E-state index contributed by atoms with van der Waals surface area (Å²) in [5.41, 5.74) is 0.887. The predicted octanol–water partition coefficient (Wildman–Crippen LogP) is 2.71. The summed E-state index contributed by atoms with van der Waals surface area (Å²) in [7, 11) is 0. The van der Waals surface area contributed by atoms with E-state index in [1.807, 2.05) is 6.92 Å². The number of aryl methyl sites for hydroxylation is 1. The molecule has 3 nitrogen and oxygen atoms in total. The number of hydrogen-bond donors (Lipinski definition) is 1. The fourth-order valence-corrected chi connectivity index (χ4v) is 0.970. The van der Waals surface area contributed by atoms with Crippen LogP contribution in [0.25, 0.3) is 0 Å². The second kappa shape index (κ2) is 4.58. The Morgan fingerprint density at radius 3 is 3.00 bits per heavy atom. The lowest BCUT2D eigenvalue weighted by Gasteiger charge is -2.04. The van der Waals surface area contributed by atoms with Crippen molar-refractivity contribution >= 4 is 33.5 Å². The zero-order chi connectivity index (χ0) is 9.84. The maximum Gasteiger partial charge on any atom is 0.223 e. The number of aromatic nitrogens is 2. The van der Waals surface area contributed by atoms with Crippen molar-refractivity contribution in [1.29, 1.82) is 0 Å². The fraction of sp³-hybridized carbons (Fsp3) is 0.250. The van der Waals surface area contributed by atoms with Crippen LogP contribution in [0.4, 0.5) is 5.95 Å². The molecule has 0 aliphatic carbocycles. The first kappa shape index (κ1) is 10.5. The van der Waals surface area contributed by atoms with Crippen molar-refractivity contribution in [3.05, 3.63) is 28.0 Å². The molecule has 1 rings (SSSR count). The second-order valence-electron chi connectivity index (χ2n) is 2.50. The highest BCUT2D eigenvalue weighted by Crippen LogP contribution is 2.13. The molecular weight excluding hydrogens is 253 g/mol. The molecule has 0 spiro atoms. The Hall–Kier alpha value is -0.610. The van der Waals surface area contributed by atoms with Gasteiger partial charge in [-0.25, -0.2) is 9.97 Å². The Kier molecular flexibility index (Phi) is 3.69. The summed E-state index contributed by atoms with van der Waals surface area (Å²) in [6.45, 7) is 5.92. The Morgan fingerprint density at radius 1 is 1.77 bits per heavy atom. The monoisotopic (exact) mass is 261 g/mol. The highest BCUT2D eigenvalue weighted by Gasteiger charge is 1.99. The summed E-state index contributed by atoms with van der Waals surface area (Å²) < 4.78 is 0.891. The number of nitrogens with zero attached hydrogens (tertiary/aromatic N) is 2. The van der Waals surface area contributed by atoms with E-state index in [0.717, 1.165) is 10.2 Å². The van der Waals surface area contributed by atoms with Gasteiger partial charge in [0.2, 0.25) is 5.95 Å². The van der Waals surface area contributed by atoms with E-state index in [-0.39, 0.29) is 0 Å². The van der Waals surface area contributed by atoms with Crippen molar-refractivity contribution in [3.63, 3.8) is 0 Å². The van der Waals surface area contributed by atoms with Gasteiger partial charge in [-0.3, -0.25) is 0 Å². The van der Waals surface area contributed by atoms with Gasteiger partial charge in [-0.05, 0) is 22.9 Å². The highest BCUT2D eigenvalue weighted by molar-refractivity contribution is 9.10. The molecule has 0 saturated carbocycles. The third-order valence-electron chi connectivity index (χ3n) is 1.36. The second-order valence-corrected chi connectivity index (χ2v) is 3.89. The lowest BCUT2D eigenvalue weighted by molar-refractivity contribution is 1.06. The van der Waals surface area contributed by atoms with Crippen LogP contribution >= 0.6 is 27.5 Å². The van der Waals surface area contributed by atoms with Crippen molar-refractivity contribution in [3.8, 4) is 0 Å². The lowest BCUT2D eigenvalue weighted by Crippen LogP contribution is -2.05. The van der Waals surface area contributed by atoms with Gasteiger partial charge in [0.1, 0.15) is 0 Å². The van der Waals surface area contributed by atoms with E-state index in [0.29, 0.717) is 17.5 Å². The number of halogens is 2. The maximum atomic E-state index is 5.58. The van der Waals surface area contributed by atoms with Gasteiger partial charge < -0.3 is 5.32 Å². The van der Waals surface area contributed by atoms with Crippen molar-refractivity contribution < 1.29 is 0 Å². The summed E-state index contributed by atoms with van der Waals surface area (Å²) in [6.07, 6.45) is 1.70. The van der Waals surface area contributed by atoms with Gasteiger partial charge >= 0.3 is 0 Å². The summed E-state index contributed by atoms with van der Waals surface area (Å²) in [5.74, 6) is 0.558. The average Bonchev–Trinajstić information content (AvgIpc) is 2.07. The standard InChI is InChI=1S/C8H9BrClN3/c1-5(10)3-11-8-12-4-7(9)6(2)13-8/h4H,1,3H2,2H3,(H,11,12,13). The van der Waals surface area contributed by atoms with Crippen LogP contribution in [-0.4, -0.2) is 16.5 Å². The third-order valence-corrected chi connectivity index (χ3v) is 2.27. The van der Waals surface area contributed by atoms with E-state index >= 15 is 0 Å². The minimum Gasteiger partial charge on any atom is -0.349 e. The summed E-state index contributed by atoms with van der Waals surface area (Å²) in [4.78, 5) is 8.22. The van der Waals surface area contributed by atoms with Crippen LogP contribution in [0.3, 0.4) is 0 Å². The molecule has 13 heavy (non-hydrogen) atoms. The Bertz CT molecular complexity index is 327. The smallest absolute Gasteiger partial charge is 0.223 e. The average molecular weight is 263 g/mol. The zero-order valence-corrected chi connectivity index (χ0v) is 9.48. The largest absolute Gasteiger partial charge is 0.349 e. The van der Waals surface area contributed by atoms with Crippen LogP contribution < -0.4 is 5.32 Å². The van der Waals surface area contributed by atoms with Gasteiger partial charge in [-0.1, -0.05) is 18.2 Å². The maximum absolute atomic E-state index is 5.58. The number of nitrogens with one attached hydrogen (secondary N) is 1. The topological polar surface area (TPSA) is 37.8 Å². The Balaban J connectivity index is 2.68. The van der Waals surface area contributed by atoms with Crippen molar-refractivity contribution in [2.24, 2.45) is 0 Å². The molecular formula is C8H9BrClN3. The Labute approximate surface area is 90.4 Å². The first-order valence-electron chi connectivity index (χ1n) is 3.66. The highest BCUT2D eigenvalue weighted by atomic mass is 79.9. The lowest BCUT2D eigenvalue weighted by atomic mass is 10.4. The van der Waals surface area contributed by atoms with Gasteiger partial charge in [0.05, 0.1) is 16.7 Å². The van der Waals surface area contributed by atoms with Crippen LogP contribution in [0.15, 0.2) is 22.3 Å². The molecule has 0 saturated heterocycles. The molecule has 0 amide bonds. The third kappa shape index (κ3) is 3.32. The number of anilines is 1. The molecule has 1 aromatic heterocycles.